The predicted octanol–water partition coefficient (Wildman–Crippen LogP) is 2.41. The van der Waals surface area contributed by atoms with Crippen molar-refractivity contribution in [2.45, 2.75) is 6.92 Å². The van der Waals surface area contributed by atoms with E-state index >= 15 is 0 Å². The van der Waals surface area contributed by atoms with Gasteiger partial charge in [-0.25, -0.2) is 0 Å². The summed E-state index contributed by atoms with van der Waals surface area (Å²) in [6.45, 7) is 8.28. The van der Waals surface area contributed by atoms with Gasteiger partial charge in [0, 0.05) is 5.56 Å². The number of rotatable bonds is 3. The van der Waals surface area contributed by atoms with E-state index in [9.17, 15) is 9.90 Å². The van der Waals surface area contributed by atoms with Crippen molar-refractivity contribution in [3.63, 3.8) is 0 Å². The molecule has 0 atom stereocenters. The van der Waals surface area contributed by atoms with Gasteiger partial charge in [0.1, 0.15) is 6.29 Å². The normalized spacial score (nSPS) is 8.36. The zero-order valence-electron chi connectivity index (χ0n) is 8.19. The molecule has 0 unspecified atom stereocenters. The Labute approximate surface area is 83.6 Å². The first-order valence-electron chi connectivity index (χ1n) is 4.19. The van der Waals surface area contributed by atoms with E-state index < -0.39 is 0 Å². The van der Waals surface area contributed by atoms with Gasteiger partial charge in [-0.3, -0.25) is 4.79 Å². The van der Waals surface area contributed by atoms with E-state index in [-0.39, 0.29) is 5.75 Å². The van der Waals surface area contributed by atoms with Crippen LogP contribution in [0.4, 0.5) is 0 Å². The van der Waals surface area contributed by atoms with Crippen LogP contribution < -0.4 is 4.74 Å². The Bertz CT molecular complexity index is 295. The Morgan fingerprint density at radius 2 is 2.14 bits per heavy atom. The van der Waals surface area contributed by atoms with Crippen molar-refractivity contribution in [2.24, 2.45) is 0 Å². The molecule has 0 aliphatic carbocycles. The molecule has 1 aromatic rings. The van der Waals surface area contributed by atoms with Gasteiger partial charge < -0.3 is 9.84 Å². The summed E-state index contributed by atoms with van der Waals surface area (Å²) < 4.78 is 5.07. The van der Waals surface area contributed by atoms with Crippen LogP contribution in [0.15, 0.2) is 31.4 Å². The third kappa shape index (κ3) is 3.31. The largest absolute Gasteiger partial charge is 0.504 e. The summed E-state index contributed by atoms with van der Waals surface area (Å²) in [5.74, 6) is 0.407. The lowest BCUT2D eigenvalue weighted by Crippen LogP contribution is -1.92. The van der Waals surface area contributed by atoms with Crippen LogP contribution in [0.3, 0.4) is 0 Å². The lowest BCUT2D eigenvalue weighted by molar-refractivity contribution is 0.112. The van der Waals surface area contributed by atoms with Gasteiger partial charge in [-0.2, -0.15) is 0 Å². The predicted molar refractivity (Wildman–Crippen MR) is 55.9 cm³/mol. The van der Waals surface area contributed by atoms with Gasteiger partial charge in [-0.05, 0) is 25.1 Å². The van der Waals surface area contributed by atoms with Crippen LogP contribution in [0.5, 0.6) is 11.5 Å². The average molecular weight is 194 g/mol. The molecule has 0 spiro atoms. The molecule has 0 saturated carbocycles. The molecule has 0 amide bonds. The molecule has 0 heterocycles. The van der Waals surface area contributed by atoms with E-state index in [1.54, 1.807) is 0 Å². The summed E-state index contributed by atoms with van der Waals surface area (Å²) in [5, 5.41) is 9.22. The van der Waals surface area contributed by atoms with E-state index in [0.29, 0.717) is 24.2 Å². The maximum absolute atomic E-state index is 10.3. The highest BCUT2D eigenvalue weighted by molar-refractivity contribution is 5.76. The van der Waals surface area contributed by atoms with Crippen LogP contribution in [-0.4, -0.2) is 18.0 Å². The Hall–Kier alpha value is -1.77. The van der Waals surface area contributed by atoms with E-state index in [1.165, 1.54) is 18.2 Å². The first-order chi connectivity index (χ1) is 6.77. The minimum atomic E-state index is 0.0578. The van der Waals surface area contributed by atoms with Crippen molar-refractivity contribution in [3.8, 4) is 11.5 Å². The monoisotopic (exact) mass is 194 g/mol. The standard InChI is InChI=1S/C9H10O3.C2H4/c1-2-12-9-5-7(6-10)3-4-8(9)11;1-2/h3-6,11H,2H2,1H3;1-2H2. The Kier molecular flexibility index (Phi) is 5.87. The fourth-order valence-corrected chi connectivity index (χ4v) is 0.875. The van der Waals surface area contributed by atoms with E-state index in [4.69, 9.17) is 4.74 Å². The fourth-order valence-electron chi connectivity index (χ4n) is 0.875. The lowest BCUT2D eigenvalue weighted by Gasteiger charge is -2.04. The number of ether oxygens (including phenoxy) is 1. The average Bonchev–Trinajstić information content (AvgIpc) is 2.24. The van der Waals surface area contributed by atoms with Crippen LogP contribution in [0, 0.1) is 0 Å². The number of hydrogen-bond acceptors (Lipinski definition) is 3. The SMILES string of the molecule is C=C.CCOc1cc(C=O)ccc1O. The lowest BCUT2D eigenvalue weighted by atomic mass is 10.2. The van der Waals surface area contributed by atoms with Crippen LogP contribution >= 0.6 is 0 Å². The molecule has 0 saturated heterocycles. The first kappa shape index (κ1) is 12.2. The Balaban J connectivity index is 0.000000791. The van der Waals surface area contributed by atoms with E-state index in [1.807, 2.05) is 6.92 Å². The highest BCUT2D eigenvalue weighted by atomic mass is 16.5. The molecule has 0 radical (unpaired) electrons. The van der Waals surface area contributed by atoms with Crippen LogP contribution in [0.25, 0.3) is 0 Å². The highest BCUT2D eigenvalue weighted by Gasteiger charge is 2.01. The molecule has 3 nitrogen and oxygen atoms in total. The van der Waals surface area contributed by atoms with E-state index in [2.05, 4.69) is 13.2 Å². The molecular weight excluding hydrogens is 180 g/mol. The van der Waals surface area contributed by atoms with Crippen molar-refractivity contribution in [1.29, 1.82) is 0 Å². The molecule has 1 rings (SSSR count). The molecule has 0 aliphatic heterocycles. The van der Waals surface area contributed by atoms with Gasteiger partial charge in [0.05, 0.1) is 6.61 Å². The maximum atomic E-state index is 10.3. The van der Waals surface area contributed by atoms with Gasteiger partial charge in [0.25, 0.3) is 0 Å². The summed E-state index contributed by atoms with van der Waals surface area (Å²) >= 11 is 0. The zero-order chi connectivity index (χ0) is 11.0. The Morgan fingerprint density at radius 3 is 2.64 bits per heavy atom. The minimum absolute atomic E-state index is 0.0578. The molecule has 0 aliphatic rings. The van der Waals surface area contributed by atoms with Crippen molar-refractivity contribution < 1.29 is 14.6 Å². The van der Waals surface area contributed by atoms with Gasteiger partial charge in [0.15, 0.2) is 11.5 Å². The van der Waals surface area contributed by atoms with Crippen molar-refractivity contribution in [3.05, 3.63) is 36.9 Å². The zero-order valence-corrected chi connectivity index (χ0v) is 8.19. The summed E-state index contributed by atoms with van der Waals surface area (Å²) in [5.41, 5.74) is 0.497. The maximum Gasteiger partial charge on any atom is 0.161 e. The van der Waals surface area contributed by atoms with Crippen molar-refractivity contribution >= 4 is 6.29 Å². The second-order valence-corrected chi connectivity index (χ2v) is 2.28. The number of phenols is 1. The molecule has 1 N–H and O–H groups in total. The second kappa shape index (κ2) is 6.71. The smallest absolute Gasteiger partial charge is 0.161 e. The number of carbonyl (C=O) groups excluding carboxylic acids is 1. The summed E-state index contributed by atoms with van der Waals surface area (Å²) in [4.78, 5) is 10.3. The van der Waals surface area contributed by atoms with Crippen molar-refractivity contribution in [2.75, 3.05) is 6.61 Å². The first-order valence-corrected chi connectivity index (χ1v) is 4.19. The number of benzene rings is 1. The molecule has 14 heavy (non-hydrogen) atoms. The third-order valence-corrected chi connectivity index (χ3v) is 1.42. The number of hydrogen-bond donors (Lipinski definition) is 1. The van der Waals surface area contributed by atoms with Gasteiger partial charge in [0.2, 0.25) is 0 Å². The molecule has 0 aromatic heterocycles. The van der Waals surface area contributed by atoms with Crippen LogP contribution in [0.1, 0.15) is 17.3 Å². The third-order valence-electron chi connectivity index (χ3n) is 1.42. The molecule has 1 aromatic carbocycles. The van der Waals surface area contributed by atoms with Crippen LogP contribution in [0.2, 0.25) is 0 Å². The number of phenolic OH excluding ortho intramolecular Hbond substituents is 1. The van der Waals surface area contributed by atoms with Crippen LogP contribution in [-0.2, 0) is 0 Å². The van der Waals surface area contributed by atoms with E-state index in [0.717, 1.165) is 0 Å². The fraction of sp³-hybridized carbons (Fsp3) is 0.182. The summed E-state index contributed by atoms with van der Waals surface area (Å²) in [7, 11) is 0. The van der Waals surface area contributed by atoms with Gasteiger partial charge in [-0.15, -0.1) is 13.2 Å². The highest BCUT2D eigenvalue weighted by Crippen LogP contribution is 2.25. The van der Waals surface area contributed by atoms with Crippen molar-refractivity contribution in [1.82, 2.24) is 0 Å². The number of aldehydes is 1. The summed E-state index contributed by atoms with van der Waals surface area (Å²) in [6.07, 6.45) is 0.710. The molecule has 0 bridgehead atoms. The topological polar surface area (TPSA) is 46.5 Å². The molecule has 76 valence electrons. The quantitative estimate of drug-likeness (QED) is 0.593. The Morgan fingerprint density at radius 1 is 1.50 bits per heavy atom. The molecular formula is C11H14O3. The molecule has 3 heteroatoms. The number of carbonyl (C=O) groups is 1. The summed E-state index contributed by atoms with van der Waals surface area (Å²) in [6, 6.07) is 4.48. The number of aromatic hydroxyl groups is 1. The molecule has 0 fully saturated rings. The minimum Gasteiger partial charge on any atom is -0.504 e. The van der Waals surface area contributed by atoms with Gasteiger partial charge in [-0.1, -0.05) is 0 Å². The second-order valence-electron chi connectivity index (χ2n) is 2.28. The van der Waals surface area contributed by atoms with Gasteiger partial charge >= 0.3 is 0 Å².